The summed E-state index contributed by atoms with van der Waals surface area (Å²) in [5.41, 5.74) is 2.11. The first-order valence-corrected chi connectivity index (χ1v) is 6.44. The molecule has 19 heavy (non-hydrogen) atoms. The average molecular weight is 260 g/mol. The van der Waals surface area contributed by atoms with Crippen molar-refractivity contribution < 1.29 is 4.52 Å². The van der Waals surface area contributed by atoms with E-state index in [1.807, 2.05) is 13.0 Å². The summed E-state index contributed by atoms with van der Waals surface area (Å²) in [5, 5.41) is 7.40. The number of hydrogen-bond donors (Lipinski definition) is 1. The lowest BCUT2D eigenvalue weighted by Gasteiger charge is -2.19. The molecule has 0 unspecified atom stereocenters. The molecule has 0 aliphatic heterocycles. The first kappa shape index (κ1) is 13.7. The van der Waals surface area contributed by atoms with Crippen LogP contribution in [0.1, 0.15) is 32.2 Å². The highest BCUT2D eigenvalue weighted by atomic mass is 16.5. The molecule has 0 saturated carbocycles. The van der Waals surface area contributed by atoms with Crippen LogP contribution < -0.4 is 5.32 Å². The van der Waals surface area contributed by atoms with Crippen LogP contribution in [0.2, 0.25) is 0 Å². The Labute approximate surface area is 113 Å². The molecule has 2 aromatic heterocycles. The highest BCUT2D eigenvalue weighted by Gasteiger charge is 2.12. The quantitative estimate of drug-likeness (QED) is 0.914. The Hall–Kier alpha value is -1.75. The fourth-order valence-electron chi connectivity index (χ4n) is 1.71. The van der Waals surface area contributed by atoms with Crippen molar-refractivity contribution in [3.63, 3.8) is 0 Å². The Kier molecular flexibility index (Phi) is 3.95. The van der Waals surface area contributed by atoms with Crippen LogP contribution in [0, 0.1) is 6.92 Å². The predicted molar refractivity (Wildman–Crippen MR) is 73.7 cm³/mol. The van der Waals surface area contributed by atoms with Gasteiger partial charge in [-0.2, -0.15) is 4.98 Å². The highest BCUT2D eigenvalue weighted by Crippen LogP contribution is 2.18. The maximum atomic E-state index is 5.26. The third-order valence-corrected chi connectivity index (χ3v) is 2.74. The van der Waals surface area contributed by atoms with Crippen LogP contribution in [0.5, 0.6) is 0 Å². The van der Waals surface area contributed by atoms with Gasteiger partial charge in [0.25, 0.3) is 0 Å². The minimum Gasteiger partial charge on any atom is -0.339 e. The molecule has 0 aromatic carbocycles. The van der Waals surface area contributed by atoms with Crippen molar-refractivity contribution in [3.8, 4) is 11.4 Å². The van der Waals surface area contributed by atoms with E-state index >= 15 is 0 Å². The molecule has 0 spiro atoms. The molecule has 0 radical (unpaired) electrons. The fourth-order valence-corrected chi connectivity index (χ4v) is 1.71. The summed E-state index contributed by atoms with van der Waals surface area (Å²) in [4.78, 5) is 8.49. The Morgan fingerprint density at radius 3 is 2.79 bits per heavy atom. The summed E-state index contributed by atoms with van der Waals surface area (Å²) in [6.07, 6.45) is 4.24. The predicted octanol–water partition coefficient (Wildman–Crippen LogP) is 2.37. The second-order valence-electron chi connectivity index (χ2n) is 5.63. The second kappa shape index (κ2) is 5.48. The van der Waals surface area contributed by atoms with Crippen molar-refractivity contribution in [2.45, 2.75) is 39.7 Å². The monoisotopic (exact) mass is 260 g/mol. The van der Waals surface area contributed by atoms with Crippen LogP contribution in [-0.2, 0) is 6.42 Å². The molecular formula is C14H20N4O. The summed E-state index contributed by atoms with van der Waals surface area (Å²) in [6.45, 7) is 9.22. The normalized spacial score (nSPS) is 11.8. The first-order chi connectivity index (χ1) is 8.96. The van der Waals surface area contributed by atoms with Crippen LogP contribution in [0.15, 0.2) is 23.0 Å². The van der Waals surface area contributed by atoms with Gasteiger partial charge in [0.1, 0.15) is 0 Å². The van der Waals surface area contributed by atoms with Gasteiger partial charge in [0.05, 0.1) is 0 Å². The summed E-state index contributed by atoms with van der Waals surface area (Å²) >= 11 is 0. The maximum Gasteiger partial charge on any atom is 0.228 e. The minimum absolute atomic E-state index is 0.1000. The zero-order valence-electron chi connectivity index (χ0n) is 11.9. The summed E-state index contributed by atoms with van der Waals surface area (Å²) < 4.78 is 5.26. The lowest BCUT2D eigenvalue weighted by molar-refractivity contribution is 0.362. The summed E-state index contributed by atoms with van der Waals surface area (Å²) in [6, 6.07) is 1.94. The number of nitrogens with one attached hydrogen (secondary N) is 1. The molecule has 0 aliphatic carbocycles. The number of pyridine rings is 1. The lowest BCUT2D eigenvalue weighted by atomic mass is 10.1. The smallest absolute Gasteiger partial charge is 0.228 e. The van der Waals surface area contributed by atoms with E-state index in [0.717, 1.165) is 24.1 Å². The van der Waals surface area contributed by atoms with E-state index < -0.39 is 0 Å². The molecule has 0 amide bonds. The first-order valence-electron chi connectivity index (χ1n) is 6.44. The van der Waals surface area contributed by atoms with Gasteiger partial charge in [0, 0.05) is 36.5 Å². The molecule has 1 N–H and O–H groups in total. The highest BCUT2D eigenvalue weighted by molar-refractivity contribution is 5.57. The molecule has 2 heterocycles. The van der Waals surface area contributed by atoms with E-state index in [1.165, 1.54) is 0 Å². The molecule has 0 aliphatic rings. The average Bonchev–Trinajstić information content (AvgIpc) is 2.76. The molecule has 0 fully saturated rings. The Morgan fingerprint density at radius 2 is 2.11 bits per heavy atom. The van der Waals surface area contributed by atoms with Crippen molar-refractivity contribution in [3.05, 3.63) is 29.9 Å². The second-order valence-corrected chi connectivity index (χ2v) is 5.63. The topological polar surface area (TPSA) is 63.8 Å². The van der Waals surface area contributed by atoms with Crippen molar-refractivity contribution in [1.29, 1.82) is 0 Å². The van der Waals surface area contributed by atoms with Crippen LogP contribution >= 0.6 is 0 Å². The molecule has 2 rings (SSSR count). The van der Waals surface area contributed by atoms with Gasteiger partial charge in [-0.3, -0.25) is 4.98 Å². The van der Waals surface area contributed by atoms with Gasteiger partial charge in [0.15, 0.2) is 0 Å². The molecule has 5 nitrogen and oxygen atoms in total. The fraction of sp³-hybridized carbons (Fsp3) is 0.500. The number of aryl methyl sites for hydroxylation is 1. The summed E-state index contributed by atoms with van der Waals surface area (Å²) in [5.74, 6) is 1.26. The van der Waals surface area contributed by atoms with Gasteiger partial charge >= 0.3 is 0 Å². The summed E-state index contributed by atoms with van der Waals surface area (Å²) in [7, 11) is 0. The third-order valence-electron chi connectivity index (χ3n) is 2.74. The van der Waals surface area contributed by atoms with Crippen molar-refractivity contribution in [2.24, 2.45) is 0 Å². The van der Waals surface area contributed by atoms with E-state index in [0.29, 0.717) is 11.7 Å². The van der Waals surface area contributed by atoms with Crippen molar-refractivity contribution in [2.75, 3.05) is 6.54 Å². The largest absolute Gasteiger partial charge is 0.339 e. The molecule has 2 aromatic rings. The van der Waals surface area contributed by atoms with E-state index in [9.17, 15) is 0 Å². The zero-order valence-corrected chi connectivity index (χ0v) is 11.9. The van der Waals surface area contributed by atoms with Gasteiger partial charge < -0.3 is 9.84 Å². The Morgan fingerprint density at radius 1 is 1.32 bits per heavy atom. The van der Waals surface area contributed by atoms with Crippen LogP contribution in [0.4, 0.5) is 0 Å². The molecule has 0 saturated heterocycles. The number of aromatic nitrogens is 3. The van der Waals surface area contributed by atoms with Crippen molar-refractivity contribution in [1.82, 2.24) is 20.4 Å². The van der Waals surface area contributed by atoms with Crippen molar-refractivity contribution >= 4 is 0 Å². The third kappa shape index (κ3) is 3.86. The van der Waals surface area contributed by atoms with E-state index in [-0.39, 0.29) is 5.54 Å². The van der Waals surface area contributed by atoms with E-state index in [2.05, 4.69) is 41.2 Å². The Balaban J connectivity index is 2.02. The van der Waals surface area contributed by atoms with Crippen LogP contribution in [0.3, 0.4) is 0 Å². The Bertz CT molecular complexity index is 542. The number of nitrogens with zero attached hydrogens (tertiary/aromatic N) is 3. The molecule has 5 heteroatoms. The molecule has 0 atom stereocenters. The standard InChI is InChI=1S/C14H20N4O/c1-10-5-7-15-9-11(10)13-17-12(19-18-13)6-8-16-14(2,3)4/h5,7,9,16H,6,8H2,1-4H3. The molecule has 102 valence electrons. The molecular weight excluding hydrogens is 240 g/mol. The minimum atomic E-state index is 0.1000. The van der Waals surface area contributed by atoms with Gasteiger partial charge in [-0.05, 0) is 39.3 Å². The zero-order chi connectivity index (χ0) is 13.9. The van der Waals surface area contributed by atoms with Gasteiger partial charge in [-0.25, -0.2) is 0 Å². The van der Waals surface area contributed by atoms with E-state index in [4.69, 9.17) is 4.52 Å². The molecule has 0 bridgehead atoms. The SMILES string of the molecule is Cc1ccncc1-c1noc(CCNC(C)(C)C)n1. The number of rotatable bonds is 4. The maximum absolute atomic E-state index is 5.26. The van der Waals surface area contributed by atoms with E-state index in [1.54, 1.807) is 12.4 Å². The lowest BCUT2D eigenvalue weighted by Crippen LogP contribution is -2.37. The van der Waals surface area contributed by atoms with Crippen LogP contribution in [0.25, 0.3) is 11.4 Å². The van der Waals surface area contributed by atoms with Gasteiger partial charge in [-0.15, -0.1) is 0 Å². The van der Waals surface area contributed by atoms with Crippen LogP contribution in [-0.4, -0.2) is 27.2 Å². The van der Waals surface area contributed by atoms with Gasteiger partial charge in [0.2, 0.25) is 11.7 Å². The van der Waals surface area contributed by atoms with Gasteiger partial charge in [-0.1, -0.05) is 5.16 Å². The number of hydrogen-bond acceptors (Lipinski definition) is 5.